The fourth-order valence-corrected chi connectivity index (χ4v) is 5.45. The van der Waals surface area contributed by atoms with E-state index < -0.39 is 23.6 Å². The first kappa shape index (κ1) is 38.5. The molecule has 1 aromatic carbocycles. The van der Waals surface area contributed by atoms with Crippen molar-refractivity contribution >= 4 is 93.0 Å². The third-order valence-electron chi connectivity index (χ3n) is 7.95. The molecule has 0 fully saturated rings. The van der Waals surface area contributed by atoms with Gasteiger partial charge in [0, 0.05) is 76.3 Å². The number of carbonyl (C=O) groups is 5. The standard InChI is InChI=1S/C34H36ClN11O5.ClH/c1-18(35)30(47)39-20-6-7-24-19(10-20)11-28(46(24)5)34(51)42-23-14-27(45(4)17-23)33(50)41-22-13-26(44(3)16-22)32(49)40-21-12-25(43(2)15-21)31(48)38-9-8-29(36)37;/h6-7,10-17H,1,8-9H2,2-5H3,(H3,36,37)(H,38,48)(H,39,47)(H,40,49)(H,41,50)(H,42,51);1H. The van der Waals surface area contributed by atoms with Crippen LogP contribution in [0.2, 0.25) is 0 Å². The van der Waals surface area contributed by atoms with Crippen LogP contribution < -0.4 is 32.3 Å². The molecule has 52 heavy (non-hydrogen) atoms. The van der Waals surface area contributed by atoms with Gasteiger partial charge in [-0.05, 0) is 42.5 Å². The van der Waals surface area contributed by atoms with E-state index in [2.05, 4.69) is 33.2 Å². The number of amides is 5. The maximum Gasteiger partial charge on any atom is 0.272 e. The van der Waals surface area contributed by atoms with Crippen LogP contribution in [-0.4, -0.2) is 60.2 Å². The van der Waals surface area contributed by atoms with E-state index in [-0.39, 0.29) is 53.5 Å². The predicted octanol–water partition coefficient (Wildman–Crippen LogP) is 4.12. The van der Waals surface area contributed by atoms with Gasteiger partial charge in [0.15, 0.2) is 0 Å². The van der Waals surface area contributed by atoms with Gasteiger partial charge >= 0.3 is 0 Å². The summed E-state index contributed by atoms with van der Waals surface area (Å²) in [4.78, 5) is 64.1. The number of hydrogen-bond acceptors (Lipinski definition) is 6. The molecule has 5 aromatic rings. The number of halogens is 2. The lowest BCUT2D eigenvalue weighted by atomic mass is 10.2. The van der Waals surface area contributed by atoms with Gasteiger partial charge in [0.05, 0.1) is 27.9 Å². The summed E-state index contributed by atoms with van der Waals surface area (Å²) in [6, 6.07) is 11.4. The molecule has 0 saturated carbocycles. The number of amidine groups is 1. The van der Waals surface area contributed by atoms with Crippen LogP contribution in [0.3, 0.4) is 0 Å². The van der Waals surface area contributed by atoms with Crippen molar-refractivity contribution in [3.63, 3.8) is 0 Å². The van der Waals surface area contributed by atoms with Crippen LogP contribution in [-0.2, 0) is 33.0 Å². The molecule has 4 aromatic heterocycles. The number of aromatic nitrogens is 4. The minimum Gasteiger partial charge on any atom is -0.388 e. The number of anilines is 4. The minimum absolute atomic E-state index is 0. The molecule has 5 amide bonds. The van der Waals surface area contributed by atoms with Gasteiger partial charge in [-0.2, -0.15) is 0 Å². The summed E-state index contributed by atoms with van der Waals surface area (Å²) in [6.45, 7) is 3.62. The van der Waals surface area contributed by atoms with Gasteiger partial charge in [0.25, 0.3) is 29.5 Å². The van der Waals surface area contributed by atoms with Crippen molar-refractivity contribution in [3.8, 4) is 0 Å². The van der Waals surface area contributed by atoms with Crippen molar-refractivity contribution in [2.24, 2.45) is 33.9 Å². The highest BCUT2D eigenvalue weighted by Gasteiger charge is 2.20. The van der Waals surface area contributed by atoms with Gasteiger partial charge in [-0.3, -0.25) is 29.4 Å². The van der Waals surface area contributed by atoms with E-state index in [0.29, 0.717) is 39.5 Å². The predicted molar refractivity (Wildman–Crippen MR) is 203 cm³/mol. The number of fused-ring (bicyclic) bond motifs is 1. The number of carbonyl (C=O) groups excluding carboxylic acids is 5. The monoisotopic (exact) mass is 749 g/mol. The zero-order valence-electron chi connectivity index (χ0n) is 28.6. The molecule has 0 saturated heterocycles. The Morgan fingerprint density at radius 1 is 0.692 bits per heavy atom. The Balaban J connectivity index is 0.00000605. The van der Waals surface area contributed by atoms with Crippen LogP contribution in [0.15, 0.2) is 72.7 Å². The molecule has 0 atom stereocenters. The van der Waals surface area contributed by atoms with E-state index >= 15 is 0 Å². The molecule has 4 heterocycles. The normalized spacial score (nSPS) is 10.6. The van der Waals surface area contributed by atoms with E-state index in [0.717, 1.165) is 5.52 Å². The van der Waals surface area contributed by atoms with Crippen LogP contribution in [0.4, 0.5) is 22.7 Å². The molecular formula is C34H37Cl2N11O5. The average molecular weight is 751 g/mol. The van der Waals surface area contributed by atoms with Gasteiger partial charge in [0.2, 0.25) is 0 Å². The summed E-state index contributed by atoms with van der Waals surface area (Å²) in [7, 11) is 6.72. The zero-order valence-corrected chi connectivity index (χ0v) is 30.2. The number of nitrogens with zero attached hydrogens (tertiary/aromatic N) is 4. The average Bonchev–Trinajstić information content (AvgIpc) is 3.80. The number of nitrogens with one attached hydrogen (secondary N) is 6. The molecule has 0 bridgehead atoms. The quantitative estimate of drug-likeness (QED) is 0.0566. The van der Waals surface area contributed by atoms with E-state index in [4.69, 9.17) is 22.7 Å². The second-order valence-electron chi connectivity index (χ2n) is 11.8. The molecule has 272 valence electrons. The first-order valence-corrected chi connectivity index (χ1v) is 15.8. The Morgan fingerprint density at radius 3 is 1.62 bits per heavy atom. The number of rotatable bonds is 12. The molecule has 0 aliphatic rings. The molecule has 0 aliphatic carbocycles. The highest BCUT2D eigenvalue weighted by atomic mass is 35.5. The molecule has 0 unspecified atom stereocenters. The van der Waals surface area contributed by atoms with Crippen LogP contribution in [0.1, 0.15) is 48.4 Å². The van der Waals surface area contributed by atoms with E-state index in [1.165, 1.54) is 18.2 Å². The Labute approximate surface area is 308 Å². The van der Waals surface area contributed by atoms with Gasteiger partial charge in [-0.15, -0.1) is 12.4 Å². The van der Waals surface area contributed by atoms with Crippen molar-refractivity contribution in [3.05, 3.63) is 95.4 Å². The molecular weight excluding hydrogens is 713 g/mol. The number of hydrogen-bond donors (Lipinski definition) is 7. The summed E-state index contributed by atoms with van der Waals surface area (Å²) in [5.41, 5.74) is 8.86. The largest absolute Gasteiger partial charge is 0.388 e. The van der Waals surface area contributed by atoms with Gasteiger partial charge in [0.1, 0.15) is 22.8 Å². The molecule has 8 N–H and O–H groups in total. The van der Waals surface area contributed by atoms with Crippen molar-refractivity contribution in [2.75, 3.05) is 27.8 Å². The maximum absolute atomic E-state index is 13.3. The lowest BCUT2D eigenvalue weighted by Gasteiger charge is -2.06. The van der Waals surface area contributed by atoms with Crippen LogP contribution in [0, 0.1) is 5.41 Å². The van der Waals surface area contributed by atoms with Crippen molar-refractivity contribution < 1.29 is 24.0 Å². The number of benzene rings is 1. The Bertz CT molecular complexity index is 2260. The minimum atomic E-state index is -0.531. The summed E-state index contributed by atoms with van der Waals surface area (Å²) in [6.07, 6.45) is 5.00. The van der Waals surface area contributed by atoms with Gasteiger partial charge in [-0.1, -0.05) is 18.2 Å². The van der Waals surface area contributed by atoms with Crippen LogP contribution in [0.25, 0.3) is 10.9 Å². The van der Waals surface area contributed by atoms with Crippen LogP contribution in [0.5, 0.6) is 0 Å². The third kappa shape index (κ3) is 8.54. The highest BCUT2D eigenvalue weighted by molar-refractivity contribution is 6.43. The summed E-state index contributed by atoms with van der Waals surface area (Å²) >= 11 is 5.67. The van der Waals surface area contributed by atoms with Crippen molar-refractivity contribution in [2.45, 2.75) is 6.42 Å². The lowest BCUT2D eigenvalue weighted by molar-refractivity contribution is -0.112. The summed E-state index contributed by atoms with van der Waals surface area (Å²) in [5, 5.41) is 21.5. The molecule has 0 aliphatic heterocycles. The number of nitrogens with two attached hydrogens (primary N) is 1. The Hall–Kier alpha value is -6.26. The topological polar surface area (TPSA) is 215 Å². The summed E-state index contributed by atoms with van der Waals surface area (Å²) < 4.78 is 6.39. The van der Waals surface area contributed by atoms with Gasteiger partial charge in [-0.25, -0.2) is 0 Å². The van der Waals surface area contributed by atoms with Crippen LogP contribution >= 0.6 is 24.0 Å². The fourth-order valence-electron chi connectivity index (χ4n) is 5.41. The van der Waals surface area contributed by atoms with E-state index in [1.807, 2.05) is 0 Å². The second-order valence-corrected chi connectivity index (χ2v) is 12.2. The molecule has 5 rings (SSSR count). The van der Waals surface area contributed by atoms with Crippen molar-refractivity contribution in [1.29, 1.82) is 5.41 Å². The smallest absolute Gasteiger partial charge is 0.272 e. The molecule has 0 radical (unpaired) electrons. The maximum atomic E-state index is 13.3. The lowest BCUT2D eigenvalue weighted by Crippen LogP contribution is -2.28. The SMILES string of the molecule is C=C(Cl)C(=O)Nc1ccc2c(c1)cc(C(=O)Nc1cc(C(=O)Nc3cc(C(=O)Nc4cc(C(=O)NCCC(=N)N)n(C)c4)n(C)c3)n(C)c1)n2C.Cl. The highest BCUT2D eigenvalue weighted by Crippen LogP contribution is 2.25. The van der Waals surface area contributed by atoms with Gasteiger partial charge < -0.3 is 50.6 Å². The molecule has 18 heteroatoms. The molecule has 0 spiro atoms. The Kier molecular flexibility index (Phi) is 11.7. The van der Waals surface area contributed by atoms with E-state index in [1.54, 1.807) is 89.3 Å². The second kappa shape index (κ2) is 15.7. The first-order valence-electron chi connectivity index (χ1n) is 15.4. The Morgan fingerprint density at radius 2 is 1.15 bits per heavy atom. The fraction of sp³-hybridized carbons (Fsp3) is 0.176. The number of aryl methyl sites for hydroxylation is 4. The third-order valence-corrected chi connectivity index (χ3v) is 8.12. The summed E-state index contributed by atoms with van der Waals surface area (Å²) in [5.74, 6) is -2.30. The van der Waals surface area contributed by atoms with E-state index in [9.17, 15) is 24.0 Å². The first-order chi connectivity index (χ1) is 24.1. The zero-order chi connectivity index (χ0) is 37.1. The van der Waals surface area contributed by atoms with Crippen molar-refractivity contribution in [1.82, 2.24) is 23.6 Å². The molecule has 16 nitrogen and oxygen atoms in total.